The van der Waals surface area contributed by atoms with Crippen LogP contribution >= 0.6 is 35.7 Å². The summed E-state index contributed by atoms with van der Waals surface area (Å²) in [6.07, 6.45) is 0. The van der Waals surface area contributed by atoms with Crippen LogP contribution in [0.25, 0.3) is 0 Å². The first-order chi connectivity index (χ1) is 3.43. The van der Waals surface area contributed by atoms with Crippen LogP contribution < -0.4 is 0 Å². The topological polar surface area (TPSA) is 0 Å². The quantitative estimate of drug-likeness (QED) is 0.524. The summed E-state index contributed by atoms with van der Waals surface area (Å²) in [4.78, 5) is 0. The monoisotopic (exact) mass is 148 g/mol. The van der Waals surface area contributed by atoms with E-state index in [4.69, 9.17) is 12.2 Å². The predicted octanol–water partition coefficient (Wildman–Crippen LogP) is 2.26. The molecule has 0 aromatic rings. The minimum absolute atomic E-state index is 0.509. The molecular weight excluding hydrogens is 144 g/mol. The Labute approximate surface area is 56.7 Å². The Bertz CT molecular complexity index is 89.1. The van der Waals surface area contributed by atoms with Gasteiger partial charge in [0.05, 0.1) is 4.58 Å². The highest BCUT2D eigenvalue weighted by atomic mass is 32.2. The van der Waals surface area contributed by atoms with Gasteiger partial charge < -0.3 is 0 Å². The fraction of sp³-hybridized carbons (Fsp3) is 0.250. The maximum Gasteiger partial charge on any atom is 0.0866 e. The molecule has 38 valence electrons. The Morgan fingerprint density at radius 3 is 2.29 bits per heavy atom. The van der Waals surface area contributed by atoms with Gasteiger partial charge in [0, 0.05) is 5.37 Å². The smallest absolute Gasteiger partial charge is 0.0866 e. The van der Waals surface area contributed by atoms with Gasteiger partial charge in [0.2, 0.25) is 0 Å². The highest BCUT2D eigenvalue weighted by Gasteiger charge is 2.05. The third-order valence-electron chi connectivity index (χ3n) is 0.592. The summed E-state index contributed by atoms with van der Waals surface area (Å²) >= 11 is 8.24. The number of rotatable bonds is 1. The second kappa shape index (κ2) is 2.74. The van der Waals surface area contributed by atoms with Gasteiger partial charge in [-0.3, -0.25) is 0 Å². The Hall–Kier alpha value is 0.530. The second-order valence-corrected chi connectivity index (χ2v) is 3.72. The van der Waals surface area contributed by atoms with Crippen molar-refractivity contribution in [3.63, 3.8) is 0 Å². The lowest BCUT2D eigenvalue weighted by Gasteiger charge is -1.92. The highest BCUT2D eigenvalue weighted by molar-refractivity contribution is 8.24. The van der Waals surface area contributed by atoms with Crippen LogP contribution in [0.5, 0.6) is 0 Å². The lowest BCUT2D eigenvalue weighted by molar-refractivity contribution is 2.00. The maximum atomic E-state index is 4.71. The minimum Gasteiger partial charge on any atom is -0.114 e. The van der Waals surface area contributed by atoms with Crippen molar-refractivity contribution in [1.82, 2.24) is 0 Å². The van der Waals surface area contributed by atoms with E-state index in [1.54, 1.807) is 28.9 Å². The van der Waals surface area contributed by atoms with Crippen LogP contribution in [0.3, 0.4) is 0 Å². The van der Waals surface area contributed by atoms with E-state index in [-0.39, 0.29) is 0 Å². The van der Waals surface area contributed by atoms with Crippen molar-refractivity contribution in [1.29, 1.82) is 0 Å². The van der Waals surface area contributed by atoms with Crippen LogP contribution in [-0.2, 0) is 0 Å². The SMILES string of the molecule is S=CC1SC=CS1. The number of hydrogen-bond donors (Lipinski definition) is 0. The second-order valence-electron chi connectivity index (χ2n) is 1.05. The Kier molecular flexibility index (Phi) is 2.22. The van der Waals surface area contributed by atoms with Crippen LogP contribution in [0.4, 0.5) is 0 Å². The fourth-order valence-electron chi connectivity index (χ4n) is 0.315. The van der Waals surface area contributed by atoms with Gasteiger partial charge in [-0.25, -0.2) is 0 Å². The van der Waals surface area contributed by atoms with Gasteiger partial charge in [0.25, 0.3) is 0 Å². The van der Waals surface area contributed by atoms with E-state index in [0.717, 1.165) is 0 Å². The van der Waals surface area contributed by atoms with Gasteiger partial charge in [-0.15, -0.1) is 23.5 Å². The van der Waals surface area contributed by atoms with E-state index in [1.807, 2.05) is 0 Å². The first-order valence-electron chi connectivity index (χ1n) is 1.85. The Balaban J connectivity index is 2.35. The lowest BCUT2D eigenvalue weighted by atomic mass is 10.9. The summed E-state index contributed by atoms with van der Waals surface area (Å²) in [7, 11) is 0. The van der Waals surface area contributed by atoms with Crippen molar-refractivity contribution in [3.05, 3.63) is 10.8 Å². The molecule has 0 amide bonds. The van der Waals surface area contributed by atoms with Gasteiger partial charge in [-0.1, -0.05) is 12.2 Å². The van der Waals surface area contributed by atoms with E-state index in [2.05, 4.69) is 10.8 Å². The maximum absolute atomic E-state index is 4.71. The molecule has 0 bridgehead atoms. The van der Waals surface area contributed by atoms with Gasteiger partial charge in [0.15, 0.2) is 0 Å². The molecule has 1 aliphatic heterocycles. The van der Waals surface area contributed by atoms with E-state index >= 15 is 0 Å². The lowest BCUT2D eigenvalue weighted by Crippen LogP contribution is -1.86. The first-order valence-corrected chi connectivity index (χ1v) is 4.20. The number of thiocarbonyl (C=S) groups is 1. The average Bonchev–Trinajstić information content (AvgIpc) is 2.14. The van der Waals surface area contributed by atoms with Crippen molar-refractivity contribution < 1.29 is 0 Å². The molecule has 0 saturated carbocycles. The molecule has 3 heteroatoms. The molecule has 0 aromatic heterocycles. The van der Waals surface area contributed by atoms with E-state index in [1.165, 1.54) is 0 Å². The van der Waals surface area contributed by atoms with Gasteiger partial charge in [-0.2, -0.15) is 0 Å². The molecule has 0 aliphatic carbocycles. The summed E-state index contributed by atoms with van der Waals surface area (Å²) < 4.78 is 0.509. The molecular formula is C4H4S3. The number of hydrogen-bond acceptors (Lipinski definition) is 3. The summed E-state index contributed by atoms with van der Waals surface area (Å²) in [5.41, 5.74) is 0. The standard InChI is InChI=1S/C4H4S3/c5-3-4-6-1-2-7-4/h1-4H. The Morgan fingerprint density at radius 1 is 1.43 bits per heavy atom. The molecule has 0 radical (unpaired) electrons. The zero-order valence-corrected chi connectivity index (χ0v) is 5.98. The molecule has 7 heavy (non-hydrogen) atoms. The van der Waals surface area contributed by atoms with Crippen LogP contribution in [0.15, 0.2) is 10.8 Å². The van der Waals surface area contributed by atoms with Crippen LogP contribution in [0.2, 0.25) is 0 Å². The largest absolute Gasteiger partial charge is 0.114 e. The van der Waals surface area contributed by atoms with Crippen molar-refractivity contribution in [2.24, 2.45) is 0 Å². The summed E-state index contributed by atoms with van der Waals surface area (Å²) in [5.74, 6) is 0. The minimum atomic E-state index is 0.509. The summed E-state index contributed by atoms with van der Waals surface area (Å²) in [6, 6.07) is 0. The molecule has 0 fully saturated rings. The molecule has 0 unspecified atom stereocenters. The van der Waals surface area contributed by atoms with E-state index < -0.39 is 0 Å². The van der Waals surface area contributed by atoms with Crippen LogP contribution in [0.1, 0.15) is 0 Å². The van der Waals surface area contributed by atoms with Crippen LogP contribution in [-0.4, -0.2) is 9.95 Å². The van der Waals surface area contributed by atoms with Gasteiger partial charge in [0.1, 0.15) is 0 Å². The highest BCUT2D eigenvalue weighted by Crippen LogP contribution is 2.31. The fourth-order valence-corrected chi connectivity index (χ4v) is 2.29. The van der Waals surface area contributed by atoms with E-state index in [0.29, 0.717) is 4.58 Å². The van der Waals surface area contributed by atoms with Crippen molar-refractivity contribution in [2.75, 3.05) is 0 Å². The van der Waals surface area contributed by atoms with Gasteiger partial charge >= 0.3 is 0 Å². The molecule has 0 spiro atoms. The van der Waals surface area contributed by atoms with Crippen molar-refractivity contribution in [2.45, 2.75) is 4.58 Å². The zero-order valence-electron chi connectivity index (χ0n) is 3.53. The summed E-state index contributed by atoms with van der Waals surface area (Å²) in [5, 5.41) is 5.92. The molecule has 0 atom stereocenters. The predicted molar refractivity (Wildman–Crippen MR) is 41.8 cm³/mol. The molecule has 0 aromatic carbocycles. The normalized spacial score (nSPS) is 20.6. The molecule has 1 rings (SSSR count). The Morgan fingerprint density at radius 2 is 2.00 bits per heavy atom. The first kappa shape index (κ1) is 5.66. The van der Waals surface area contributed by atoms with Gasteiger partial charge in [-0.05, 0) is 10.8 Å². The molecule has 0 N–H and O–H groups in total. The van der Waals surface area contributed by atoms with Crippen LogP contribution in [0, 0.1) is 0 Å². The molecule has 1 aliphatic rings. The van der Waals surface area contributed by atoms with E-state index in [9.17, 15) is 0 Å². The zero-order chi connectivity index (χ0) is 5.11. The third kappa shape index (κ3) is 1.48. The van der Waals surface area contributed by atoms with Crippen molar-refractivity contribution in [3.8, 4) is 0 Å². The molecule has 0 nitrogen and oxygen atoms in total. The van der Waals surface area contributed by atoms with Crippen molar-refractivity contribution >= 4 is 41.1 Å². The average molecular weight is 148 g/mol. The third-order valence-corrected chi connectivity index (χ3v) is 3.44. The number of thioether (sulfide) groups is 2. The molecule has 1 heterocycles. The molecule has 0 saturated heterocycles. The summed E-state index contributed by atoms with van der Waals surface area (Å²) in [6.45, 7) is 0.